The third-order valence-electron chi connectivity index (χ3n) is 11.0. The summed E-state index contributed by atoms with van der Waals surface area (Å²) in [6.45, 7) is 7.59. The summed E-state index contributed by atoms with van der Waals surface area (Å²) in [5.74, 6) is -0.352. The van der Waals surface area contributed by atoms with Crippen molar-refractivity contribution >= 4 is 0 Å². The Morgan fingerprint density at radius 1 is 0.596 bits per heavy atom. The number of hydrogen-bond acceptors (Lipinski definition) is 4. The predicted molar refractivity (Wildman–Crippen MR) is 225 cm³/mol. The minimum Gasteiger partial charge on any atom is -0.343 e. The molecule has 0 amide bonds. The van der Waals surface area contributed by atoms with E-state index in [0.717, 1.165) is 51.7 Å². The smallest absolute Gasteiger partial charge is 0.169 e. The van der Waals surface area contributed by atoms with Crippen LogP contribution in [0.25, 0.3) is 0 Å². The molecule has 0 unspecified atom stereocenters. The summed E-state index contributed by atoms with van der Waals surface area (Å²) in [5.41, 5.74) is 1.31. The Bertz CT molecular complexity index is 1020. The van der Waals surface area contributed by atoms with Crippen LogP contribution in [0.2, 0.25) is 0 Å². The lowest BCUT2D eigenvalue weighted by Gasteiger charge is -2.31. The molecular formula is C48H80N2O2. The van der Waals surface area contributed by atoms with E-state index < -0.39 is 0 Å². The largest absolute Gasteiger partial charge is 0.343 e. The van der Waals surface area contributed by atoms with E-state index in [-0.39, 0.29) is 18.0 Å². The quantitative estimate of drug-likeness (QED) is 0.0536. The molecule has 0 aliphatic carbocycles. The molecule has 2 fully saturated rings. The first-order chi connectivity index (χ1) is 25.7. The van der Waals surface area contributed by atoms with Gasteiger partial charge in [0.2, 0.25) is 0 Å². The normalized spacial score (nSPS) is 19.0. The molecule has 4 heteroatoms. The van der Waals surface area contributed by atoms with Crippen molar-refractivity contribution in [3.8, 4) is 0 Å². The second kappa shape index (κ2) is 30.3. The fourth-order valence-corrected chi connectivity index (χ4v) is 7.77. The number of allylic oxidation sites excluding steroid dienone is 8. The molecule has 3 rings (SSSR count). The Balaban J connectivity index is 1.28. The molecule has 2 aliphatic rings. The maximum absolute atomic E-state index is 6.90. The van der Waals surface area contributed by atoms with Crippen molar-refractivity contribution in [3.05, 3.63) is 78.7 Å². The Labute approximate surface area is 322 Å². The number of likely N-dealkylation sites (tertiary alicyclic amines) is 1. The Morgan fingerprint density at radius 2 is 1.04 bits per heavy atom. The Morgan fingerprint density at radius 3 is 1.48 bits per heavy atom. The second-order valence-corrected chi connectivity index (χ2v) is 15.8. The van der Waals surface area contributed by atoms with Crippen LogP contribution in [-0.2, 0) is 15.9 Å². The third-order valence-corrected chi connectivity index (χ3v) is 11.0. The minimum atomic E-state index is -0.352. The van der Waals surface area contributed by atoms with Crippen LogP contribution in [0, 0.1) is 0 Å². The van der Waals surface area contributed by atoms with Gasteiger partial charge >= 0.3 is 0 Å². The molecule has 3 heterocycles. The van der Waals surface area contributed by atoms with E-state index in [2.05, 4.69) is 78.4 Å². The zero-order valence-corrected chi connectivity index (χ0v) is 34.0. The fraction of sp³-hybridized carbons (Fsp3) is 0.729. The highest BCUT2D eigenvalue weighted by atomic mass is 16.8. The molecule has 52 heavy (non-hydrogen) atoms. The van der Waals surface area contributed by atoms with Gasteiger partial charge in [-0.2, -0.15) is 0 Å². The van der Waals surface area contributed by atoms with Crippen LogP contribution in [-0.4, -0.2) is 47.5 Å². The standard InChI is InChI=1S/C48H80N2O2/c1-3-5-7-9-11-13-15-17-19-21-23-25-27-29-31-33-38-48(39-34-32-30-28-26-24-22-20-18-16-14-12-10-8-6-4-2)51-46-43-50(44-47(46)52-48)41-37-45-36-35-40-49-42-45/h11-14,17-20,35-36,40,42,46-47H,3-10,15-16,21-34,37-39,41,43-44H2,1-2H3/t46-,47-/m0/s1. The van der Waals surface area contributed by atoms with E-state index in [9.17, 15) is 0 Å². The fourth-order valence-electron chi connectivity index (χ4n) is 7.77. The lowest BCUT2D eigenvalue weighted by Crippen LogP contribution is -2.36. The van der Waals surface area contributed by atoms with E-state index in [4.69, 9.17) is 9.47 Å². The highest BCUT2D eigenvalue weighted by Crippen LogP contribution is 2.40. The second-order valence-electron chi connectivity index (χ2n) is 15.8. The number of aromatic nitrogens is 1. The van der Waals surface area contributed by atoms with Crippen LogP contribution in [0.4, 0.5) is 0 Å². The first kappa shape index (κ1) is 44.4. The maximum atomic E-state index is 6.90. The van der Waals surface area contributed by atoms with E-state index >= 15 is 0 Å². The maximum Gasteiger partial charge on any atom is 0.169 e. The van der Waals surface area contributed by atoms with Gasteiger partial charge in [-0.05, 0) is 95.1 Å². The van der Waals surface area contributed by atoms with Crippen LogP contribution in [0.1, 0.15) is 186 Å². The van der Waals surface area contributed by atoms with Crippen molar-refractivity contribution in [1.82, 2.24) is 9.88 Å². The first-order valence-electron chi connectivity index (χ1n) is 22.3. The summed E-state index contributed by atoms with van der Waals surface area (Å²) in [6, 6.07) is 4.22. The predicted octanol–water partition coefficient (Wildman–Crippen LogP) is 13.8. The molecule has 2 aliphatic heterocycles. The van der Waals surface area contributed by atoms with Gasteiger partial charge in [0.15, 0.2) is 5.79 Å². The lowest BCUT2D eigenvalue weighted by molar-refractivity contribution is -0.193. The summed E-state index contributed by atoms with van der Waals surface area (Å²) in [4.78, 5) is 6.83. The first-order valence-corrected chi connectivity index (χ1v) is 22.3. The van der Waals surface area contributed by atoms with Gasteiger partial charge < -0.3 is 9.47 Å². The van der Waals surface area contributed by atoms with Crippen LogP contribution in [0.3, 0.4) is 0 Å². The molecule has 294 valence electrons. The molecule has 2 saturated heterocycles. The molecule has 0 spiro atoms. The molecule has 1 aromatic heterocycles. The number of rotatable bonds is 33. The molecule has 0 saturated carbocycles. The van der Waals surface area contributed by atoms with Crippen molar-refractivity contribution in [1.29, 1.82) is 0 Å². The summed E-state index contributed by atoms with van der Waals surface area (Å²) < 4.78 is 13.8. The van der Waals surface area contributed by atoms with Gasteiger partial charge in [0.25, 0.3) is 0 Å². The van der Waals surface area contributed by atoms with Gasteiger partial charge in [-0.1, -0.05) is 146 Å². The van der Waals surface area contributed by atoms with Crippen molar-refractivity contribution < 1.29 is 9.47 Å². The lowest BCUT2D eigenvalue weighted by atomic mass is 9.98. The third kappa shape index (κ3) is 21.0. The van der Waals surface area contributed by atoms with Crippen LogP contribution in [0.5, 0.6) is 0 Å². The average molecular weight is 717 g/mol. The highest BCUT2D eigenvalue weighted by Gasteiger charge is 2.50. The number of fused-ring (bicyclic) bond motifs is 1. The van der Waals surface area contributed by atoms with Gasteiger partial charge in [-0.25, -0.2) is 0 Å². The summed E-state index contributed by atoms with van der Waals surface area (Å²) in [6.07, 6.45) is 57.2. The monoisotopic (exact) mass is 717 g/mol. The summed E-state index contributed by atoms with van der Waals surface area (Å²) in [7, 11) is 0. The van der Waals surface area contributed by atoms with E-state index in [1.54, 1.807) is 0 Å². The van der Waals surface area contributed by atoms with Crippen LogP contribution >= 0.6 is 0 Å². The SMILES string of the molecule is CCCCCC=CCC=CCCCCCCCCC1(CCCCCCCCC=CCC=CCCCCC)O[C@H]2CN(CCc3cccnc3)C[C@@H]2O1. The molecule has 0 aromatic carbocycles. The van der Waals surface area contributed by atoms with E-state index in [0.29, 0.717) is 0 Å². The average Bonchev–Trinajstić information content (AvgIpc) is 3.70. The molecule has 0 radical (unpaired) electrons. The topological polar surface area (TPSA) is 34.6 Å². The number of nitrogens with zero attached hydrogens (tertiary/aromatic N) is 2. The van der Waals surface area contributed by atoms with Crippen molar-refractivity contribution in [2.75, 3.05) is 19.6 Å². The van der Waals surface area contributed by atoms with E-state index in [1.807, 2.05) is 18.5 Å². The van der Waals surface area contributed by atoms with E-state index in [1.165, 1.54) is 147 Å². The highest BCUT2D eigenvalue weighted by molar-refractivity contribution is 5.09. The molecular weight excluding hydrogens is 637 g/mol. The zero-order valence-electron chi connectivity index (χ0n) is 34.0. The molecule has 1 aromatic rings. The summed E-state index contributed by atoms with van der Waals surface area (Å²) in [5, 5.41) is 0. The number of unbranched alkanes of at least 4 members (excludes halogenated alkanes) is 18. The van der Waals surface area contributed by atoms with Crippen molar-refractivity contribution in [2.45, 2.75) is 205 Å². The molecule has 4 nitrogen and oxygen atoms in total. The van der Waals surface area contributed by atoms with Gasteiger partial charge in [0, 0.05) is 44.9 Å². The molecule has 0 bridgehead atoms. The minimum absolute atomic E-state index is 0.225. The van der Waals surface area contributed by atoms with Gasteiger partial charge in [-0.15, -0.1) is 0 Å². The molecule has 2 atom stereocenters. The summed E-state index contributed by atoms with van der Waals surface area (Å²) >= 11 is 0. The number of pyridine rings is 1. The number of ether oxygens (including phenoxy) is 2. The van der Waals surface area contributed by atoms with Crippen molar-refractivity contribution in [3.63, 3.8) is 0 Å². The zero-order chi connectivity index (χ0) is 36.6. The van der Waals surface area contributed by atoms with Crippen LogP contribution < -0.4 is 0 Å². The number of hydrogen-bond donors (Lipinski definition) is 0. The Hall–Kier alpha value is -2.01. The molecule has 0 N–H and O–H groups in total. The Kier molecular flexibility index (Phi) is 25.9. The van der Waals surface area contributed by atoms with Gasteiger partial charge in [0.05, 0.1) is 0 Å². The van der Waals surface area contributed by atoms with Crippen LogP contribution in [0.15, 0.2) is 73.1 Å². The van der Waals surface area contributed by atoms with Crippen molar-refractivity contribution in [2.24, 2.45) is 0 Å². The van der Waals surface area contributed by atoms with Gasteiger partial charge in [-0.3, -0.25) is 9.88 Å². The van der Waals surface area contributed by atoms with Gasteiger partial charge in [0.1, 0.15) is 12.2 Å².